The van der Waals surface area contributed by atoms with Crippen molar-refractivity contribution in [2.45, 2.75) is 18.2 Å². The van der Waals surface area contributed by atoms with Gasteiger partial charge in [0.25, 0.3) is 0 Å². The Balaban J connectivity index is 2.91. The maximum atomic E-state index is 11.6. The average Bonchev–Trinajstić information content (AvgIpc) is 2.34. The topological polar surface area (TPSA) is 119 Å². The van der Waals surface area contributed by atoms with Crippen molar-refractivity contribution < 1.29 is 13.2 Å². The van der Waals surface area contributed by atoms with Crippen LogP contribution in [-0.4, -0.2) is 34.5 Å². The highest BCUT2D eigenvalue weighted by atomic mass is 32.2. The Morgan fingerprint density at radius 2 is 2.00 bits per heavy atom. The van der Waals surface area contributed by atoms with Gasteiger partial charge in [-0.15, -0.1) is 0 Å². The molecule has 0 bridgehead atoms. The van der Waals surface area contributed by atoms with E-state index in [9.17, 15) is 13.2 Å². The summed E-state index contributed by atoms with van der Waals surface area (Å²) in [5.41, 5.74) is 6.44. The Bertz CT molecular complexity index is 586. The van der Waals surface area contributed by atoms with Crippen molar-refractivity contribution in [2.24, 2.45) is 5.14 Å². The van der Waals surface area contributed by atoms with Gasteiger partial charge in [0, 0.05) is 25.0 Å². The van der Waals surface area contributed by atoms with Crippen LogP contribution in [0.4, 0.5) is 11.4 Å². The van der Waals surface area contributed by atoms with Crippen LogP contribution >= 0.6 is 0 Å². The predicted molar refractivity (Wildman–Crippen MR) is 78.8 cm³/mol. The molecule has 0 radical (unpaired) electrons. The molecule has 0 aromatic heterocycles. The summed E-state index contributed by atoms with van der Waals surface area (Å²) in [6, 6.07) is 4.25. The molecule has 0 saturated carbocycles. The number of hydrogen-bond acceptors (Lipinski definition) is 5. The Hall–Kier alpha value is -1.80. The van der Waals surface area contributed by atoms with Gasteiger partial charge in [-0.05, 0) is 24.6 Å². The van der Waals surface area contributed by atoms with E-state index in [2.05, 4.69) is 5.32 Å². The third-order valence-electron chi connectivity index (χ3n) is 2.64. The summed E-state index contributed by atoms with van der Waals surface area (Å²) in [5, 5.41) is 7.82. The Labute approximate surface area is 119 Å². The Kier molecular flexibility index (Phi) is 5.34. The zero-order valence-electron chi connectivity index (χ0n) is 11.6. The number of likely N-dealkylation sites (N-methyl/N-ethyl adjacent to an activating group) is 1. The standard InChI is InChI=1S/C12H20N4O3S/c1-3-4-15-12(17)8-16(2)10-5-9(13)6-11(7-10)20(14,18)19/h5-7H,3-4,8,13H2,1-2H3,(H,15,17)(H2,14,18,19). The maximum absolute atomic E-state index is 11.6. The lowest BCUT2D eigenvalue weighted by molar-refractivity contribution is -0.119. The molecule has 0 fully saturated rings. The molecule has 0 aliphatic carbocycles. The normalized spacial score (nSPS) is 11.2. The SMILES string of the molecule is CCCNC(=O)CN(C)c1cc(N)cc(S(N)(=O)=O)c1. The highest BCUT2D eigenvalue weighted by molar-refractivity contribution is 7.89. The fourth-order valence-corrected chi connectivity index (χ4v) is 2.20. The molecular weight excluding hydrogens is 280 g/mol. The van der Waals surface area contributed by atoms with Crippen molar-refractivity contribution in [3.8, 4) is 0 Å². The molecule has 0 heterocycles. The quantitative estimate of drug-likeness (QED) is 0.633. The number of amides is 1. The number of nitrogens with zero attached hydrogens (tertiary/aromatic N) is 1. The van der Waals surface area contributed by atoms with Crippen LogP contribution < -0.4 is 21.1 Å². The van der Waals surface area contributed by atoms with Gasteiger partial charge in [0.05, 0.1) is 11.4 Å². The zero-order chi connectivity index (χ0) is 15.3. The molecule has 8 heteroatoms. The first kappa shape index (κ1) is 16.3. The van der Waals surface area contributed by atoms with Crippen LogP contribution in [0.25, 0.3) is 0 Å². The third-order valence-corrected chi connectivity index (χ3v) is 3.53. The fourth-order valence-electron chi connectivity index (χ4n) is 1.62. The van der Waals surface area contributed by atoms with Gasteiger partial charge in [0.15, 0.2) is 0 Å². The number of primary sulfonamides is 1. The van der Waals surface area contributed by atoms with E-state index in [1.54, 1.807) is 18.0 Å². The van der Waals surface area contributed by atoms with E-state index in [1.165, 1.54) is 12.1 Å². The average molecular weight is 300 g/mol. The second kappa shape index (κ2) is 6.58. The first-order valence-electron chi connectivity index (χ1n) is 6.15. The van der Waals surface area contributed by atoms with Crippen LogP contribution in [0.2, 0.25) is 0 Å². The number of nitrogens with two attached hydrogens (primary N) is 2. The summed E-state index contributed by atoms with van der Waals surface area (Å²) in [6.07, 6.45) is 0.851. The molecule has 112 valence electrons. The van der Waals surface area contributed by atoms with E-state index in [-0.39, 0.29) is 23.0 Å². The molecule has 0 unspecified atom stereocenters. The first-order valence-corrected chi connectivity index (χ1v) is 7.70. The molecule has 1 aromatic carbocycles. The summed E-state index contributed by atoms with van der Waals surface area (Å²) < 4.78 is 22.7. The van der Waals surface area contributed by atoms with E-state index >= 15 is 0 Å². The van der Waals surface area contributed by atoms with Crippen LogP contribution in [0.1, 0.15) is 13.3 Å². The van der Waals surface area contributed by atoms with Crippen LogP contribution in [0.15, 0.2) is 23.1 Å². The maximum Gasteiger partial charge on any atom is 0.239 e. The first-order chi connectivity index (χ1) is 9.24. The molecule has 5 N–H and O–H groups in total. The van der Waals surface area contributed by atoms with Crippen LogP contribution in [0.3, 0.4) is 0 Å². The minimum atomic E-state index is -3.83. The molecule has 0 spiro atoms. The third kappa shape index (κ3) is 4.71. The number of sulfonamides is 1. The van der Waals surface area contributed by atoms with Gasteiger partial charge in [0.1, 0.15) is 0 Å². The van der Waals surface area contributed by atoms with Gasteiger partial charge < -0.3 is 16.0 Å². The molecular formula is C12H20N4O3S. The number of hydrogen-bond donors (Lipinski definition) is 3. The van der Waals surface area contributed by atoms with Gasteiger partial charge in [0.2, 0.25) is 15.9 Å². The monoisotopic (exact) mass is 300 g/mol. The fraction of sp³-hybridized carbons (Fsp3) is 0.417. The number of anilines is 2. The van der Waals surface area contributed by atoms with Crippen molar-refractivity contribution in [2.75, 3.05) is 30.8 Å². The van der Waals surface area contributed by atoms with Crippen LogP contribution in [0, 0.1) is 0 Å². The number of nitrogens with one attached hydrogen (secondary N) is 1. The Morgan fingerprint density at radius 1 is 1.35 bits per heavy atom. The highest BCUT2D eigenvalue weighted by Crippen LogP contribution is 2.22. The molecule has 20 heavy (non-hydrogen) atoms. The molecule has 7 nitrogen and oxygen atoms in total. The molecule has 0 aliphatic rings. The van der Waals surface area contributed by atoms with Crippen LogP contribution in [0.5, 0.6) is 0 Å². The Morgan fingerprint density at radius 3 is 2.55 bits per heavy atom. The number of rotatable bonds is 6. The second-order valence-corrected chi connectivity index (χ2v) is 6.07. The van der Waals surface area contributed by atoms with Crippen molar-refractivity contribution in [1.29, 1.82) is 0 Å². The molecule has 0 atom stereocenters. The van der Waals surface area contributed by atoms with E-state index in [4.69, 9.17) is 10.9 Å². The van der Waals surface area contributed by atoms with Crippen molar-refractivity contribution in [1.82, 2.24) is 5.32 Å². The lowest BCUT2D eigenvalue weighted by atomic mass is 10.2. The summed E-state index contributed by atoms with van der Waals surface area (Å²) in [5.74, 6) is -0.145. The summed E-state index contributed by atoms with van der Waals surface area (Å²) in [6.45, 7) is 2.67. The van der Waals surface area contributed by atoms with E-state index in [0.29, 0.717) is 12.2 Å². The largest absolute Gasteiger partial charge is 0.399 e. The van der Waals surface area contributed by atoms with Crippen molar-refractivity contribution in [3.63, 3.8) is 0 Å². The molecule has 0 saturated heterocycles. The summed E-state index contributed by atoms with van der Waals surface area (Å²) in [4.78, 5) is 13.2. The van der Waals surface area contributed by atoms with E-state index in [0.717, 1.165) is 6.42 Å². The number of carbonyl (C=O) groups is 1. The van der Waals surface area contributed by atoms with E-state index in [1.807, 2.05) is 6.92 Å². The van der Waals surface area contributed by atoms with Crippen LogP contribution in [-0.2, 0) is 14.8 Å². The lowest BCUT2D eigenvalue weighted by Crippen LogP contribution is -2.35. The lowest BCUT2D eigenvalue weighted by Gasteiger charge is -2.20. The smallest absolute Gasteiger partial charge is 0.239 e. The minimum absolute atomic E-state index is 0.0756. The van der Waals surface area contributed by atoms with Gasteiger partial charge >= 0.3 is 0 Å². The number of carbonyl (C=O) groups excluding carboxylic acids is 1. The van der Waals surface area contributed by atoms with Gasteiger partial charge in [-0.25, -0.2) is 13.6 Å². The van der Waals surface area contributed by atoms with Gasteiger partial charge in [-0.2, -0.15) is 0 Å². The molecule has 1 aromatic rings. The second-order valence-electron chi connectivity index (χ2n) is 4.51. The summed E-state index contributed by atoms with van der Waals surface area (Å²) in [7, 11) is -2.16. The van der Waals surface area contributed by atoms with Gasteiger partial charge in [-0.1, -0.05) is 6.92 Å². The highest BCUT2D eigenvalue weighted by Gasteiger charge is 2.13. The minimum Gasteiger partial charge on any atom is -0.399 e. The molecule has 0 aliphatic heterocycles. The number of benzene rings is 1. The molecule has 1 amide bonds. The van der Waals surface area contributed by atoms with Crippen molar-refractivity contribution in [3.05, 3.63) is 18.2 Å². The predicted octanol–water partition coefficient (Wildman–Crippen LogP) is -0.121. The number of nitrogen functional groups attached to an aromatic ring is 1. The van der Waals surface area contributed by atoms with Gasteiger partial charge in [-0.3, -0.25) is 4.79 Å². The van der Waals surface area contributed by atoms with Crippen molar-refractivity contribution >= 4 is 27.3 Å². The summed E-state index contributed by atoms with van der Waals surface area (Å²) >= 11 is 0. The van der Waals surface area contributed by atoms with E-state index < -0.39 is 10.0 Å². The molecule has 1 rings (SSSR count). The zero-order valence-corrected chi connectivity index (χ0v) is 12.4.